The second kappa shape index (κ2) is 43.3. The molecule has 0 spiro atoms. The van der Waals surface area contributed by atoms with Crippen molar-refractivity contribution in [2.75, 3.05) is 19.8 Å². The topological polar surface area (TPSA) is 228 Å². The number of ether oxygens (including phenoxy) is 4. The lowest BCUT2D eigenvalue weighted by atomic mass is 9.97. The van der Waals surface area contributed by atoms with Crippen LogP contribution < -0.4 is 5.32 Å². The first-order valence-electron chi connectivity index (χ1n) is 29.3. The van der Waals surface area contributed by atoms with E-state index in [1.54, 1.807) is 0 Å². The van der Waals surface area contributed by atoms with Crippen LogP contribution in [0.15, 0.2) is 0 Å². The fourth-order valence-electron chi connectivity index (χ4n) is 10.1. The first-order valence-corrected chi connectivity index (χ1v) is 29.3. The van der Waals surface area contributed by atoms with Gasteiger partial charge in [-0.1, -0.05) is 239 Å². The van der Waals surface area contributed by atoms with Gasteiger partial charge in [-0.25, -0.2) is 0 Å². The smallest absolute Gasteiger partial charge is 0.220 e. The third-order valence-corrected chi connectivity index (χ3v) is 14.8. The van der Waals surface area contributed by atoms with E-state index in [1.807, 2.05) is 0 Å². The average Bonchev–Trinajstić information content (AvgIpc) is 3.36. The van der Waals surface area contributed by atoms with Crippen molar-refractivity contribution >= 4 is 5.91 Å². The largest absolute Gasteiger partial charge is 0.394 e. The van der Waals surface area contributed by atoms with Gasteiger partial charge >= 0.3 is 0 Å². The van der Waals surface area contributed by atoms with Crippen LogP contribution in [0.4, 0.5) is 0 Å². The Morgan fingerprint density at radius 2 is 0.814 bits per heavy atom. The van der Waals surface area contributed by atoms with Gasteiger partial charge in [0.1, 0.15) is 48.8 Å². The van der Waals surface area contributed by atoms with Crippen LogP contribution in [0.5, 0.6) is 0 Å². The van der Waals surface area contributed by atoms with Crippen molar-refractivity contribution in [2.24, 2.45) is 0 Å². The molecule has 0 saturated carbocycles. The van der Waals surface area contributed by atoms with Gasteiger partial charge in [0.15, 0.2) is 12.6 Å². The molecular formula is C56H109NO13. The number of unbranched alkanes of at least 4 members (excludes halogenated alkanes) is 34. The summed E-state index contributed by atoms with van der Waals surface area (Å²) in [6, 6.07) is -0.818. The maximum Gasteiger partial charge on any atom is 0.220 e. The van der Waals surface area contributed by atoms with Gasteiger partial charge in [-0.05, 0) is 12.8 Å². The molecule has 2 saturated heterocycles. The lowest BCUT2D eigenvalue weighted by molar-refractivity contribution is -0.359. The lowest BCUT2D eigenvalue weighted by Gasteiger charge is -2.46. The van der Waals surface area contributed by atoms with Crippen LogP contribution in [-0.4, -0.2) is 140 Å². The summed E-state index contributed by atoms with van der Waals surface area (Å²) in [5, 5.41) is 86.1. The van der Waals surface area contributed by atoms with Gasteiger partial charge in [0.2, 0.25) is 5.91 Å². The zero-order valence-electron chi connectivity index (χ0n) is 44.5. The van der Waals surface area contributed by atoms with Gasteiger partial charge in [-0.2, -0.15) is 0 Å². The fourth-order valence-corrected chi connectivity index (χ4v) is 10.1. The van der Waals surface area contributed by atoms with Crippen molar-refractivity contribution in [2.45, 2.75) is 331 Å². The fraction of sp³-hybridized carbons (Fsp3) is 0.982. The predicted molar refractivity (Wildman–Crippen MR) is 277 cm³/mol. The van der Waals surface area contributed by atoms with E-state index >= 15 is 0 Å². The monoisotopic (exact) mass is 1000 g/mol. The van der Waals surface area contributed by atoms with Crippen LogP contribution in [-0.2, 0) is 23.7 Å². The summed E-state index contributed by atoms with van der Waals surface area (Å²) in [4.78, 5) is 13.0. The minimum Gasteiger partial charge on any atom is -0.394 e. The van der Waals surface area contributed by atoms with Crippen molar-refractivity contribution in [1.82, 2.24) is 5.32 Å². The van der Waals surface area contributed by atoms with Gasteiger partial charge in [-0.15, -0.1) is 0 Å². The molecule has 416 valence electrons. The Labute approximate surface area is 425 Å². The van der Waals surface area contributed by atoms with Crippen molar-refractivity contribution in [1.29, 1.82) is 0 Å². The van der Waals surface area contributed by atoms with E-state index in [0.717, 1.165) is 44.9 Å². The molecule has 14 heteroatoms. The summed E-state index contributed by atoms with van der Waals surface area (Å²) in [6.45, 7) is 2.70. The van der Waals surface area contributed by atoms with E-state index < -0.39 is 86.8 Å². The molecule has 12 atom stereocenters. The summed E-state index contributed by atoms with van der Waals surface area (Å²) < 4.78 is 22.6. The van der Waals surface area contributed by atoms with Crippen LogP contribution >= 0.6 is 0 Å². The Balaban J connectivity index is 1.47. The first-order chi connectivity index (χ1) is 34.1. The second-order valence-corrected chi connectivity index (χ2v) is 21.1. The van der Waals surface area contributed by atoms with Crippen molar-refractivity contribution in [3.8, 4) is 0 Å². The number of rotatable bonds is 47. The number of carbonyl (C=O) groups excluding carboxylic acids is 1. The van der Waals surface area contributed by atoms with Gasteiger partial charge in [0.25, 0.3) is 0 Å². The molecular weight excluding hydrogens is 895 g/mol. The molecule has 0 aromatic carbocycles. The van der Waals surface area contributed by atoms with E-state index in [1.165, 1.54) is 186 Å². The third-order valence-electron chi connectivity index (χ3n) is 14.8. The Kier molecular flexibility index (Phi) is 40.2. The van der Waals surface area contributed by atoms with E-state index in [0.29, 0.717) is 12.8 Å². The van der Waals surface area contributed by atoms with Crippen molar-refractivity contribution in [3.05, 3.63) is 0 Å². The molecule has 0 aromatic rings. The zero-order chi connectivity index (χ0) is 51.0. The molecule has 0 aromatic heterocycles. The molecule has 12 unspecified atom stereocenters. The maximum atomic E-state index is 13.0. The summed E-state index contributed by atoms with van der Waals surface area (Å²) in [5.41, 5.74) is 0. The molecule has 2 aliphatic heterocycles. The predicted octanol–water partition coefficient (Wildman–Crippen LogP) is 9.34. The Morgan fingerprint density at radius 3 is 1.21 bits per heavy atom. The van der Waals surface area contributed by atoms with Crippen LogP contribution in [0, 0.1) is 0 Å². The van der Waals surface area contributed by atoms with Crippen molar-refractivity contribution < 1.29 is 64.6 Å². The highest BCUT2D eigenvalue weighted by molar-refractivity contribution is 5.76. The van der Waals surface area contributed by atoms with Crippen LogP contribution in [0.1, 0.15) is 258 Å². The minimum atomic E-state index is -1.78. The molecule has 2 fully saturated rings. The highest BCUT2D eigenvalue weighted by Crippen LogP contribution is 2.30. The Hall–Kier alpha value is -1.01. The molecule has 2 heterocycles. The molecule has 0 aliphatic carbocycles. The van der Waals surface area contributed by atoms with Crippen LogP contribution in [0.3, 0.4) is 0 Å². The number of amides is 1. The number of hydrogen-bond acceptors (Lipinski definition) is 13. The van der Waals surface area contributed by atoms with Crippen LogP contribution in [0.25, 0.3) is 0 Å². The zero-order valence-corrected chi connectivity index (χ0v) is 44.5. The number of aliphatic hydroxyl groups excluding tert-OH is 8. The van der Waals surface area contributed by atoms with Crippen molar-refractivity contribution in [3.63, 3.8) is 0 Å². The molecule has 2 rings (SSSR count). The summed E-state index contributed by atoms with van der Waals surface area (Å²) >= 11 is 0. The Bertz CT molecular complexity index is 1180. The Morgan fingerprint density at radius 1 is 0.457 bits per heavy atom. The van der Waals surface area contributed by atoms with Gasteiger partial charge < -0.3 is 65.1 Å². The van der Waals surface area contributed by atoms with Crippen LogP contribution in [0.2, 0.25) is 0 Å². The first kappa shape index (κ1) is 65.1. The summed E-state index contributed by atoms with van der Waals surface area (Å²) in [6.07, 6.45) is 31.3. The molecule has 70 heavy (non-hydrogen) atoms. The lowest BCUT2D eigenvalue weighted by Crippen LogP contribution is -2.65. The minimum absolute atomic E-state index is 0.213. The van der Waals surface area contributed by atoms with E-state index in [2.05, 4.69) is 19.2 Å². The molecule has 1 amide bonds. The van der Waals surface area contributed by atoms with E-state index in [-0.39, 0.29) is 12.5 Å². The number of carbonyl (C=O) groups is 1. The summed E-state index contributed by atoms with van der Waals surface area (Å²) in [7, 11) is 0. The second-order valence-electron chi connectivity index (χ2n) is 21.1. The normalized spacial score (nSPS) is 25.9. The molecule has 2 aliphatic rings. The quantitative estimate of drug-likeness (QED) is 0.0259. The average molecular weight is 1000 g/mol. The standard InChI is InChI=1S/C56H109NO13/c1-3-5-7-8-9-10-11-12-13-14-15-16-17-18-19-20-21-22-23-24-25-26-27-28-29-30-31-32-33-34-35-36-38-40-48(61)57-44(45(60)39-37-6-4-2)43-67-55-53(66)51(64)54(47(42-59)69-55)70-56-52(65)50(63)49(62)46(41-58)68-56/h44-47,49-56,58-60,62-66H,3-43H2,1-2H3,(H,57,61). The highest BCUT2D eigenvalue weighted by atomic mass is 16.7. The number of aliphatic hydroxyl groups is 8. The maximum absolute atomic E-state index is 13.0. The summed E-state index contributed by atoms with van der Waals surface area (Å²) in [5.74, 6) is -0.213. The number of nitrogens with one attached hydrogen (secondary N) is 1. The van der Waals surface area contributed by atoms with E-state index in [4.69, 9.17) is 18.9 Å². The number of hydrogen-bond donors (Lipinski definition) is 9. The molecule has 0 radical (unpaired) electrons. The van der Waals surface area contributed by atoms with Gasteiger partial charge in [-0.3, -0.25) is 4.79 Å². The SMILES string of the molecule is CCCCCCCCCCCCCCCCCCCCCCCCCCCCCCCCCCCC(=O)NC(COC1OC(CO)C(OC2OC(CO)C(O)C(O)C2O)C(O)C1O)C(O)CCCCC. The molecule has 0 bridgehead atoms. The van der Waals surface area contributed by atoms with E-state index in [9.17, 15) is 45.6 Å². The third kappa shape index (κ3) is 29.2. The molecule has 9 N–H and O–H groups in total. The highest BCUT2D eigenvalue weighted by Gasteiger charge is 2.51. The van der Waals surface area contributed by atoms with Gasteiger partial charge in [0.05, 0.1) is 32.0 Å². The van der Waals surface area contributed by atoms with Gasteiger partial charge in [0, 0.05) is 6.42 Å². The molecule has 14 nitrogen and oxygen atoms in total.